The third kappa shape index (κ3) is 8.84. The van der Waals surface area contributed by atoms with E-state index in [1.165, 1.54) is 0 Å². The Labute approximate surface area is 333 Å². The molecule has 0 saturated heterocycles. The zero-order valence-electron chi connectivity index (χ0n) is 34.7. The lowest BCUT2D eigenvalue weighted by molar-refractivity contribution is 0.411. The minimum absolute atomic E-state index is 0.253. The second-order valence-electron chi connectivity index (χ2n) is 18.3. The van der Waals surface area contributed by atoms with Crippen LogP contribution < -0.4 is 18.5 Å². The molecule has 54 heavy (non-hydrogen) atoms. The van der Waals surface area contributed by atoms with Crippen LogP contribution in [0.15, 0.2) is 56.9 Å². The van der Waals surface area contributed by atoms with E-state index in [9.17, 15) is 0 Å². The normalized spacial score (nSPS) is 13.1. The van der Waals surface area contributed by atoms with Crippen molar-refractivity contribution < 1.29 is 26.9 Å². The standard InChI is InChI=1S/C44H56Cl2O6P2/c1-25-17-29(31-21-27(47-15)23-35(43(9,10)11)37(31)49-53(45)46)38(33(19-25)41(3,4)5)50-54-51-39-30(18-26(2)20-34(39)42(6,7)8)32-22-28(48-16)24-36(40(32)52-54)44(12,13)14/h17-24H,1-16H3. The number of benzene rings is 4. The van der Waals surface area contributed by atoms with Crippen molar-refractivity contribution >= 4 is 59.5 Å². The van der Waals surface area contributed by atoms with Gasteiger partial charge in [-0.1, -0.05) is 95.2 Å². The fourth-order valence-corrected chi connectivity index (χ4v) is 8.66. The molecule has 1 aromatic heterocycles. The second-order valence-corrected chi connectivity index (χ2v) is 22.2. The van der Waals surface area contributed by atoms with Gasteiger partial charge in [0, 0.05) is 44.2 Å². The quantitative estimate of drug-likeness (QED) is 0.153. The van der Waals surface area contributed by atoms with Gasteiger partial charge in [-0.3, -0.25) is 0 Å². The van der Waals surface area contributed by atoms with Gasteiger partial charge in [-0.15, -0.1) is 0 Å². The van der Waals surface area contributed by atoms with E-state index < -0.39 is 15.1 Å². The summed E-state index contributed by atoms with van der Waals surface area (Å²) in [6.07, 6.45) is 0. The Bertz CT molecular complexity index is 2250. The fourth-order valence-electron chi connectivity index (χ4n) is 6.76. The van der Waals surface area contributed by atoms with Crippen molar-refractivity contribution in [1.29, 1.82) is 0 Å². The Morgan fingerprint density at radius 3 is 1.43 bits per heavy atom. The Hall–Kier alpha value is -3.01. The average molecular weight is 814 g/mol. The number of rotatable bonds is 7. The Kier molecular flexibility index (Phi) is 11.8. The van der Waals surface area contributed by atoms with Gasteiger partial charge in [-0.25, -0.2) is 0 Å². The van der Waals surface area contributed by atoms with Crippen LogP contribution in [-0.4, -0.2) is 14.2 Å². The Morgan fingerprint density at radius 2 is 0.926 bits per heavy atom. The summed E-state index contributed by atoms with van der Waals surface area (Å²) in [6, 6.07) is 16.7. The molecular weight excluding hydrogens is 757 g/mol. The number of hydrogen-bond donors (Lipinski definition) is 0. The second kappa shape index (κ2) is 15.2. The largest absolute Gasteiger partial charge is 0.497 e. The highest BCUT2D eigenvalue weighted by Gasteiger charge is 2.32. The van der Waals surface area contributed by atoms with E-state index in [1.807, 2.05) is 18.2 Å². The van der Waals surface area contributed by atoms with Crippen molar-refractivity contribution in [3.05, 3.63) is 81.9 Å². The maximum absolute atomic E-state index is 7.26. The van der Waals surface area contributed by atoms with Gasteiger partial charge in [0.25, 0.3) is 6.85 Å². The van der Waals surface area contributed by atoms with Crippen molar-refractivity contribution in [3.8, 4) is 34.1 Å². The van der Waals surface area contributed by atoms with Gasteiger partial charge in [0.1, 0.15) is 34.2 Å². The lowest BCUT2D eigenvalue weighted by Gasteiger charge is -2.28. The number of halogens is 2. The predicted octanol–water partition coefficient (Wildman–Crippen LogP) is 15.7. The molecule has 0 N–H and O–H groups in total. The SMILES string of the molecule is COc1cc(-c2cc(C)cc(C(C)(C)C)c2Op2oc3c(C(C)(C)C)cc(C)cc3c3cc(OC)cc(C(C)(C)C)c3o2)c(OP(Cl)Cl)c(C(C)(C)C)c1. The summed E-state index contributed by atoms with van der Waals surface area (Å²) in [5.74, 6) is 2.61. The zero-order valence-corrected chi connectivity index (χ0v) is 38.0. The highest BCUT2D eigenvalue weighted by atomic mass is 35.9. The Balaban J connectivity index is 2.01. The highest BCUT2D eigenvalue weighted by Crippen LogP contribution is 2.56. The predicted molar refractivity (Wildman–Crippen MR) is 231 cm³/mol. The first-order valence-electron chi connectivity index (χ1n) is 18.2. The van der Waals surface area contributed by atoms with Gasteiger partial charge in [0.05, 0.1) is 14.2 Å². The van der Waals surface area contributed by atoms with Crippen LogP contribution in [0, 0.1) is 13.8 Å². The van der Waals surface area contributed by atoms with Crippen LogP contribution in [0.25, 0.3) is 33.1 Å². The summed E-state index contributed by atoms with van der Waals surface area (Å²) in [7, 11) is 1.25. The molecule has 0 spiro atoms. The van der Waals surface area contributed by atoms with E-state index in [2.05, 4.69) is 127 Å². The molecule has 5 aromatic rings. The molecule has 0 bridgehead atoms. The monoisotopic (exact) mass is 812 g/mol. The molecule has 0 saturated carbocycles. The third-order valence-corrected chi connectivity index (χ3v) is 11.3. The summed E-state index contributed by atoms with van der Waals surface area (Å²) < 4.78 is 39.5. The molecule has 0 aliphatic heterocycles. The van der Waals surface area contributed by atoms with Crippen molar-refractivity contribution in [3.63, 3.8) is 0 Å². The molecule has 0 aliphatic rings. The van der Waals surface area contributed by atoms with Crippen LogP contribution >= 0.6 is 37.6 Å². The number of methoxy groups -OCH3 is 2. The molecule has 0 aliphatic carbocycles. The van der Waals surface area contributed by atoms with Crippen LogP contribution in [0.3, 0.4) is 0 Å². The number of aryl methyl sites for hydroxylation is 2. The molecule has 4 aromatic carbocycles. The van der Waals surface area contributed by atoms with Gasteiger partial charge in [-0.2, -0.15) is 0 Å². The molecule has 0 radical (unpaired) electrons. The zero-order chi connectivity index (χ0) is 40.3. The molecular formula is C44H56Cl2O6P2. The first kappa shape index (κ1) is 42.1. The van der Waals surface area contributed by atoms with Crippen LogP contribution in [0.4, 0.5) is 0 Å². The number of hydrogen-bond acceptors (Lipinski definition) is 6. The van der Waals surface area contributed by atoms with Crippen LogP contribution in [0.1, 0.15) is 116 Å². The summed E-state index contributed by atoms with van der Waals surface area (Å²) in [6.45, 7) is 28.4. The van der Waals surface area contributed by atoms with E-state index in [1.54, 1.807) is 14.2 Å². The van der Waals surface area contributed by atoms with Crippen molar-refractivity contribution in [2.75, 3.05) is 14.2 Å². The highest BCUT2D eigenvalue weighted by molar-refractivity contribution is 8.00. The van der Waals surface area contributed by atoms with E-state index in [0.29, 0.717) is 22.8 Å². The maximum atomic E-state index is 7.26. The van der Waals surface area contributed by atoms with Crippen LogP contribution in [0.5, 0.6) is 23.0 Å². The van der Waals surface area contributed by atoms with E-state index >= 15 is 0 Å². The molecule has 0 fully saturated rings. The summed E-state index contributed by atoms with van der Waals surface area (Å²) in [4.78, 5) is 0. The Morgan fingerprint density at radius 1 is 0.519 bits per heavy atom. The average Bonchev–Trinajstić information content (AvgIpc) is 3.18. The van der Waals surface area contributed by atoms with Crippen molar-refractivity contribution in [1.82, 2.24) is 0 Å². The number of ether oxygens (including phenoxy) is 2. The molecule has 5 rings (SSSR count). The fraction of sp³-hybridized carbons (Fsp3) is 0.455. The molecule has 10 heteroatoms. The molecule has 0 amide bonds. The minimum atomic E-state index is -2.11. The summed E-state index contributed by atoms with van der Waals surface area (Å²) in [5.41, 5.74) is 7.82. The molecule has 292 valence electrons. The topological polar surface area (TPSA) is 63.2 Å². The van der Waals surface area contributed by atoms with E-state index in [0.717, 1.165) is 66.6 Å². The van der Waals surface area contributed by atoms with E-state index in [4.69, 9.17) is 49.4 Å². The smallest absolute Gasteiger partial charge is 0.453 e. The lowest BCUT2D eigenvalue weighted by atomic mass is 9.81. The van der Waals surface area contributed by atoms with Crippen molar-refractivity contribution in [2.45, 2.75) is 119 Å². The van der Waals surface area contributed by atoms with E-state index in [-0.39, 0.29) is 21.7 Å². The van der Waals surface area contributed by atoms with Gasteiger partial charge < -0.3 is 26.9 Å². The van der Waals surface area contributed by atoms with Crippen molar-refractivity contribution in [2.24, 2.45) is 0 Å². The minimum Gasteiger partial charge on any atom is -0.497 e. The first-order chi connectivity index (χ1) is 24.8. The van der Waals surface area contributed by atoms with Gasteiger partial charge in [-0.05, 0) is 106 Å². The molecule has 6 nitrogen and oxygen atoms in total. The van der Waals surface area contributed by atoms with Crippen LogP contribution in [-0.2, 0) is 21.7 Å². The summed E-state index contributed by atoms with van der Waals surface area (Å²) in [5, 5.41) is 1.83. The third-order valence-electron chi connectivity index (χ3n) is 9.53. The molecule has 1 unspecified atom stereocenters. The van der Waals surface area contributed by atoms with Gasteiger partial charge in [0.15, 0.2) is 0 Å². The first-order valence-corrected chi connectivity index (χ1v) is 22.4. The van der Waals surface area contributed by atoms with Gasteiger partial charge >= 0.3 is 8.24 Å². The maximum Gasteiger partial charge on any atom is 0.453 e. The van der Waals surface area contributed by atoms with Crippen LogP contribution in [0.2, 0.25) is 0 Å². The molecule has 1 heterocycles. The molecule has 1 atom stereocenters. The van der Waals surface area contributed by atoms with Gasteiger partial charge in [0.2, 0.25) is 0 Å². The lowest BCUT2D eigenvalue weighted by Crippen LogP contribution is -2.15. The summed E-state index contributed by atoms with van der Waals surface area (Å²) >= 11 is 12.9. The number of fused-ring (bicyclic) bond motifs is 3.